The molecule has 4 aliphatic rings. The summed E-state index contributed by atoms with van der Waals surface area (Å²) in [5.41, 5.74) is 7.62. The van der Waals surface area contributed by atoms with E-state index in [0.717, 1.165) is 80.6 Å². The molecule has 0 amide bonds. The summed E-state index contributed by atoms with van der Waals surface area (Å²) in [6, 6.07) is 28.2. The largest absolute Gasteiger partial charge is 0.504 e. The van der Waals surface area contributed by atoms with Crippen LogP contribution in [0.15, 0.2) is 115 Å². The van der Waals surface area contributed by atoms with Crippen LogP contribution in [0.5, 0.6) is 11.5 Å². The number of rotatable bonds is 4. The number of benzene rings is 4. The van der Waals surface area contributed by atoms with E-state index in [1.165, 1.54) is 7.11 Å². The lowest BCUT2D eigenvalue weighted by Gasteiger charge is -2.33. The quantitative estimate of drug-likeness (QED) is 0.0644. The minimum atomic E-state index is -1.82. The molecule has 1 aromatic heterocycles. The van der Waals surface area contributed by atoms with Gasteiger partial charge in [-0.15, -0.1) is 0 Å². The van der Waals surface area contributed by atoms with Crippen LogP contribution in [-0.4, -0.2) is 82.0 Å². The zero-order valence-corrected chi connectivity index (χ0v) is 41.3. The number of allylic oxidation sites excluding steroid dienone is 2. The van der Waals surface area contributed by atoms with E-state index in [2.05, 4.69) is 101 Å². The number of ether oxygens (including phenoxy) is 1. The number of anilines is 1. The smallest absolute Gasteiger partial charge is 0.173 e. The highest BCUT2D eigenvalue weighted by molar-refractivity contribution is 6.06. The minimum absolute atomic E-state index is 0.0341. The lowest BCUT2D eigenvalue weighted by Crippen LogP contribution is -2.40. The summed E-state index contributed by atoms with van der Waals surface area (Å²) >= 11 is 0. The van der Waals surface area contributed by atoms with Gasteiger partial charge in [0.2, 0.25) is 0 Å². The third-order valence-corrected chi connectivity index (χ3v) is 15.6. The Morgan fingerprint density at radius 2 is 1.66 bits per heavy atom. The van der Waals surface area contributed by atoms with Crippen LogP contribution in [-0.2, 0) is 28.9 Å². The van der Waals surface area contributed by atoms with Gasteiger partial charge in [-0.3, -0.25) is 9.59 Å². The van der Waals surface area contributed by atoms with Crippen LogP contribution >= 0.6 is 0 Å². The summed E-state index contributed by atoms with van der Waals surface area (Å²) in [6.07, 6.45) is 8.30. The summed E-state index contributed by atoms with van der Waals surface area (Å²) in [6.45, 7) is 6.05. The molecule has 372 valence electrons. The molecular formula is C60H70N4O7. The highest BCUT2D eigenvalue weighted by Gasteiger charge is 2.43. The lowest BCUT2D eigenvalue weighted by atomic mass is 9.73. The Hall–Kier alpha value is -6.16. The summed E-state index contributed by atoms with van der Waals surface area (Å²) < 4.78 is 5.51. The van der Waals surface area contributed by atoms with Crippen LogP contribution in [0.1, 0.15) is 104 Å². The van der Waals surface area contributed by atoms with E-state index in [1.807, 2.05) is 36.5 Å². The third-order valence-electron chi connectivity index (χ3n) is 15.6. The average Bonchev–Trinajstić information content (AvgIpc) is 3.76. The molecular weight excluding hydrogens is 889 g/mol. The molecule has 10 atom stereocenters. The molecule has 1 fully saturated rings. The van der Waals surface area contributed by atoms with Crippen LogP contribution in [0.2, 0.25) is 0 Å². The number of carbonyl (C=O) groups excluding carboxylic acids is 2. The van der Waals surface area contributed by atoms with Gasteiger partial charge < -0.3 is 46.1 Å². The van der Waals surface area contributed by atoms with E-state index in [1.54, 1.807) is 12.1 Å². The first-order valence-corrected chi connectivity index (χ1v) is 25.8. The number of aryl methyl sites for hydroxylation is 1. The van der Waals surface area contributed by atoms with Gasteiger partial charge in [0.1, 0.15) is 5.82 Å². The maximum absolute atomic E-state index is 14.9. The fourth-order valence-corrected chi connectivity index (χ4v) is 11.9. The van der Waals surface area contributed by atoms with Crippen molar-refractivity contribution in [1.82, 2.24) is 15.6 Å². The number of aromatic amines is 1. The predicted molar refractivity (Wildman–Crippen MR) is 279 cm³/mol. The van der Waals surface area contributed by atoms with Gasteiger partial charge in [0.25, 0.3) is 0 Å². The van der Waals surface area contributed by atoms with E-state index in [-0.39, 0.29) is 48.0 Å². The maximum Gasteiger partial charge on any atom is 0.173 e. The van der Waals surface area contributed by atoms with Gasteiger partial charge >= 0.3 is 0 Å². The number of carbonyl (C=O) groups is 2. The molecule has 1 saturated carbocycles. The molecule has 2 aliphatic carbocycles. The molecule has 0 saturated heterocycles. The number of phenolic OH excluding ortho intramolecular Hbond substituents is 1. The van der Waals surface area contributed by atoms with E-state index in [4.69, 9.17) is 4.74 Å². The number of β-amino-alcohol motifs (C(OH)–C–C–N with tert-alkyl or cyclic N) is 1. The molecule has 71 heavy (non-hydrogen) atoms. The van der Waals surface area contributed by atoms with Crippen molar-refractivity contribution in [3.63, 3.8) is 0 Å². The zero-order chi connectivity index (χ0) is 49.6. The summed E-state index contributed by atoms with van der Waals surface area (Å²) in [5.74, 6) is 5.49. The molecule has 0 spiro atoms. The van der Waals surface area contributed by atoms with Crippen LogP contribution in [0.4, 0.5) is 5.69 Å². The van der Waals surface area contributed by atoms with Crippen molar-refractivity contribution in [1.29, 1.82) is 0 Å². The van der Waals surface area contributed by atoms with Gasteiger partial charge in [0.15, 0.2) is 29.2 Å². The van der Waals surface area contributed by atoms with Crippen molar-refractivity contribution in [2.75, 3.05) is 32.1 Å². The first kappa shape index (κ1) is 49.8. The van der Waals surface area contributed by atoms with Gasteiger partial charge in [0, 0.05) is 61.9 Å². The highest BCUT2D eigenvalue weighted by Crippen LogP contribution is 2.45. The van der Waals surface area contributed by atoms with Crippen LogP contribution < -0.4 is 20.7 Å². The Bertz CT molecular complexity index is 2820. The Balaban J connectivity index is 1.13. The summed E-state index contributed by atoms with van der Waals surface area (Å²) in [4.78, 5) is 32.4. The highest BCUT2D eigenvalue weighted by atomic mass is 16.5. The second-order valence-corrected chi connectivity index (χ2v) is 20.7. The monoisotopic (exact) mass is 959 g/mol. The number of Topliss-reactive ketones (excluding diaryl/α,β-unsaturated/α-hetero) is 2. The van der Waals surface area contributed by atoms with Crippen LogP contribution in [0, 0.1) is 41.4 Å². The van der Waals surface area contributed by atoms with Gasteiger partial charge in [-0.05, 0) is 149 Å². The second-order valence-electron chi connectivity index (χ2n) is 20.7. The number of methoxy groups -OCH3 is 1. The fourth-order valence-electron chi connectivity index (χ4n) is 11.9. The Kier molecular flexibility index (Phi) is 15.8. The number of aromatic hydroxyl groups is 1. The van der Waals surface area contributed by atoms with Gasteiger partial charge in [-0.25, -0.2) is 0 Å². The number of H-pyrrole nitrogens is 1. The SMILES string of the molecule is CCCC1C(O)Cc2cc(c[nH]2)C(C)CNCC(O)Cc2ccc3ccc(cc3c2)NC2=CC(=CCN2)CC2CC3C#CC(c4ccccc4)c4cc(O)c(OC)cc4CCC(=O)C(O)C(=O)C3CC1C2. The van der Waals surface area contributed by atoms with E-state index in [9.17, 15) is 30.0 Å². The van der Waals surface area contributed by atoms with E-state index >= 15 is 0 Å². The number of phenols is 1. The lowest BCUT2D eigenvalue weighted by molar-refractivity contribution is -0.142. The number of aliphatic hydroxyl groups excluding tert-OH is 3. The minimum Gasteiger partial charge on any atom is -0.504 e. The Morgan fingerprint density at radius 1 is 0.831 bits per heavy atom. The number of hydrogen-bond donors (Lipinski definition) is 8. The first-order valence-electron chi connectivity index (χ1n) is 25.8. The number of fused-ring (bicyclic) bond motifs is 9. The number of nitrogens with one attached hydrogen (secondary N) is 4. The normalized spacial score (nSPS) is 27.8. The van der Waals surface area contributed by atoms with Crippen molar-refractivity contribution in [2.24, 2.45) is 29.6 Å². The number of ketones is 2. The van der Waals surface area contributed by atoms with Gasteiger partial charge in [0.05, 0.1) is 25.2 Å². The number of hydrogen-bond acceptors (Lipinski definition) is 10. The maximum atomic E-state index is 14.9. The van der Waals surface area contributed by atoms with Crippen molar-refractivity contribution in [3.8, 4) is 23.3 Å². The molecule has 4 aromatic carbocycles. The van der Waals surface area contributed by atoms with Crippen LogP contribution in [0.25, 0.3) is 10.8 Å². The van der Waals surface area contributed by atoms with Crippen molar-refractivity contribution in [3.05, 3.63) is 148 Å². The first-order chi connectivity index (χ1) is 34.4. The molecule has 2 aliphatic heterocycles. The fraction of sp³-hybridized carbons (Fsp3) is 0.433. The molecule has 5 aromatic rings. The Morgan fingerprint density at radius 3 is 2.48 bits per heavy atom. The molecule has 0 radical (unpaired) electrons. The number of dihydropyridines is 1. The molecule has 9 rings (SSSR count). The predicted octanol–water partition coefficient (Wildman–Crippen LogP) is 8.61. The summed E-state index contributed by atoms with van der Waals surface area (Å²) in [7, 11) is 1.48. The van der Waals surface area contributed by atoms with Crippen LogP contribution in [0.3, 0.4) is 0 Å². The summed E-state index contributed by atoms with van der Waals surface area (Å²) in [5, 5.41) is 59.3. The van der Waals surface area contributed by atoms with Gasteiger partial charge in [-0.2, -0.15) is 0 Å². The standard InChI is InChI=1S/C60H70N4O7/c1-4-8-51-45-24-39(23-42-14-17-50(41-9-6-5-7-10-41)52-32-56(68)57(71-3)30-43(52)15-18-54(66)60(70)59(69)53(42)29-45)21-38-19-20-62-58(26-38)64-47-16-13-40-12-11-37(22-44(40)27-47)25-49(65)35-61-33-36(2)46-28-48(63-34-46)31-55(51)67/h5-7,9-13,16,19,22,26-28,30,32,34,36,39,42,45,49-51,53,55,60-65,67-68,70H,4,8,15,18,20-21,23-25,29,31,33,35H2,1-3H3. The van der Waals surface area contributed by atoms with E-state index in [0.29, 0.717) is 51.7 Å². The van der Waals surface area contributed by atoms with Crippen molar-refractivity contribution >= 4 is 28.0 Å². The topological polar surface area (TPSA) is 176 Å². The number of aromatic nitrogens is 1. The van der Waals surface area contributed by atoms with Crippen molar-refractivity contribution in [2.45, 2.75) is 108 Å². The van der Waals surface area contributed by atoms with E-state index < -0.39 is 47.6 Å². The molecule has 11 nitrogen and oxygen atoms in total. The molecule has 9 bridgehead atoms. The van der Waals surface area contributed by atoms with Crippen molar-refractivity contribution < 1.29 is 34.8 Å². The molecule has 3 heterocycles. The second kappa shape index (κ2) is 22.5. The molecule has 8 N–H and O–H groups in total. The third kappa shape index (κ3) is 11.8. The zero-order valence-electron chi connectivity index (χ0n) is 41.3. The Labute approximate surface area is 418 Å². The van der Waals surface area contributed by atoms with Gasteiger partial charge in [-0.1, -0.05) is 92.8 Å². The molecule has 11 heteroatoms. The molecule has 10 unspecified atom stereocenters. The average molecular weight is 959 g/mol. The number of aliphatic hydroxyl groups is 3.